The average molecular weight is 233 g/mol. The van der Waals surface area contributed by atoms with E-state index in [9.17, 15) is 10.1 Å². The van der Waals surface area contributed by atoms with Crippen LogP contribution in [0.25, 0.3) is 0 Å². The molecule has 6 heteroatoms. The Morgan fingerprint density at radius 3 is 3.09 bits per heavy atom. The van der Waals surface area contributed by atoms with Gasteiger partial charge in [0.15, 0.2) is 0 Å². The summed E-state index contributed by atoms with van der Waals surface area (Å²) in [4.78, 5) is 11.8. The van der Waals surface area contributed by atoms with Crippen LogP contribution >= 0.6 is 11.3 Å². The molecule has 1 aromatic rings. The topological polar surface area (TPSA) is 66.9 Å². The Morgan fingerprint density at radius 1 is 1.82 bits per heavy atom. The third-order valence-electron chi connectivity index (χ3n) is 0.931. The van der Waals surface area contributed by atoms with Crippen molar-refractivity contribution in [3.8, 4) is 4.97 Å². The molecule has 0 saturated heterocycles. The van der Waals surface area contributed by atoms with E-state index in [1.165, 1.54) is 0 Å². The van der Waals surface area contributed by atoms with Gasteiger partial charge >= 0.3 is 72.5 Å². The molecule has 0 aliphatic carbocycles. The Bertz CT molecular complexity index is 317. The van der Waals surface area contributed by atoms with Crippen LogP contribution in [0.4, 0.5) is 5.00 Å². The van der Waals surface area contributed by atoms with Crippen molar-refractivity contribution in [2.45, 2.75) is 0 Å². The summed E-state index contributed by atoms with van der Waals surface area (Å²) >= 11 is 0.649. The van der Waals surface area contributed by atoms with Crippen LogP contribution in [-0.2, 0) is 0 Å². The van der Waals surface area contributed by atoms with Gasteiger partial charge < -0.3 is 0 Å². The number of nitro groups is 1. The molecule has 0 spiro atoms. The average Bonchev–Trinajstić information content (AvgIpc) is 2.36. The summed E-state index contributed by atoms with van der Waals surface area (Å²) in [5, 5.41) is 20.3. The van der Waals surface area contributed by atoms with Gasteiger partial charge in [0.25, 0.3) is 0 Å². The Morgan fingerprint density at radius 2 is 2.55 bits per heavy atom. The van der Waals surface area contributed by atoms with Crippen LogP contribution in [0.3, 0.4) is 0 Å². The Hall–Kier alpha value is -0.891. The molecule has 0 aliphatic heterocycles. The van der Waals surface area contributed by atoms with Gasteiger partial charge in [-0.25, -0.2) is 0 Å². The molecule has 1 rings (SSSR count). The molecule has 0 aromatic carbocycles. The van der Waals surface area contributed by atoms with Crippen LogP contribution in [0.1, 0.15) is 0 Å². The molecular weight excluding hydrogens is 231 g/mol. The Balaban J connectivity index is 2.98. The number of hydrogen-bond donors (Lipinski definition) is 0. The summed E-state index contributed by atoms with van der Waals surface area (Å²) in [6.45, 7) is 0. The molecule has 0 fully saturated rings. The fraction of sp³-hybridized carbons (Fsp3) is 0. The first-order chi connectivity index (χ1) is 5.25. The van der Waals surface area contributed by atoms with Crippen molar-refractivity contribution < 1.29 is 4.92 Å². The zero-order valence-electron chi connectivity index (χ0n) is 5.18. The summed E-state index contributed by atoms with van der Waals surface area (Å²) in [6, 6.07) is 1.63. The van der Waals surface area contributed by atoms with Gasteiger partial charge in [-0.2, -0.15) is 0 Å². The zero-order chi connectivity index (χ0) is 8.27. The molecule has 4 nitrogen and oxygen atoms in total. The maximum absolute atomic E-state index is 10.3. The van der Waals surface area contributed by atoms with Crippen molar-refractivity contribution in [2.24, 2.45) is 0 Å². The van der Waals surface area contributed by atoms with E-state index in [-0.39, 0.29) is 5.00 Å². The predicted octanol–water partition coefficient (Wildman–Crippen LogP) is 0.467. The van der Waals surface area contributed by atoms with E-state index < -0.39 is 19.9 Å². The van der Waals surface area contributed by atoms with Crippen LogP contribution in [0.15, 0.2) is 11.4 Å². The summed E-state index contributed by atoms with van der Waals surface area (Å²) in [6.07, 6.45) is 0. The summed E-state index contributed by atoms with van der Waals surface area (Å²) < 4.78 is 0.565. The Labute approximate surface area is 72.8 Å². The van der Waals surface area contributed by atoms with Gasteiger partial charge in [0.1, 0.15) is 0 Å². The standard InChI is InChI=1S/C5H2N2O2SSe/c6-3-11-4-1-2-10-5(4)7(8)9/h1-2H. The zero-order valence-corrected chi connectivity index (χ0v) is 7.71. The molecule has 0 saturated carbocycles. The maximum atomic E-state index is 10.3. The molecule has 0 N–H and O–H groups in total. The minimum atomic E-state index is -0.445. The third-order valence-corrected chi connectivity index (χ3v) is 3.43. The molecule has 0 radical (unpaired) electrons. The monoisotopic (exact) mass is 234 g/mol. The van der Waals surface area contributed by atoms with Crippen LogP contribution in [-0.4, -0.2) is 19.9 Å². The second-order valence-corrected chi connectivity index (χ2v) is 4.17. The minimum absolute atomic E-state index is 0.103. The number of rotatable bonds is 2. The molecule has 0 aliphatic rings. The van der Waals surface area contributed by atoms with E-state index in [0.29, 0.717) is 4.46 Å². The molecular formula is C5H2N2O2SSe. The third kappa shape index (κ3) is 1.77. The van der Waals surface area contributed by atoms with Gasteiger partial charge in [0.05, 0.1) is 0 Å². The summed E-state index contributed by atoms with van der Waals surface area (Å²) in [5.41, 5.74) is 0. The van der Waals surface area contributed by atoms with Gasteiger partial charge in [-0.3, -0.25) is 0 Å². The number of nitrogens with zero attached hydrogens (tertiary/aromatic N) is 2. The van der Waals surface area contributed by atoms with Crippen molar-refractivity contribution in [2.75, 3.05) is 0 Å². The van der Waals surface area contributed by atoms with Gasteiger partial charge in [-0.15, -0.1) is 0 Å². The van der Waals surface area contributed by atoms with Crippen molar-refractivity contribution in [1.29, 1.82) is 5.26 Å². The number of thiophene rings is 1. The second kappa shape index (κ2) is 3.49. The molecule has 0 amide bonds. The van der Waals surface area contributed by atoms with E-state index in [4.69, 9.17) is 5.26 Å². The van der Waals surface area contributed by atoms with Crippen molar-refractivity contribution in [3.05, 3.63) is 21.6 Å². The molecule has 1 heterocycles. The van der Waals surface area contributed by atoms with Gasteiger partial charge in [-0.1, -0.05) is 0 Å². The predicted molar refractivity (Wildman–Crippen MR) is 42.0 cm³/mol. The molecule has 11 heavy (non-hydrogen) atoms. The summed E-state index contributed by atoms with van der Waals surface area (Å²) in [7, 11) is 0. The van der Waals surface area contributed by atoms with E-state index >= 15 is 0 Å². The van der Waals surface area contributed by atoms with Crippen LogP contribution in [0.2, 0.25) is 0 Å². The first-order valence-electron chi connectivity index (χ1n) is 2.53. The fourth-order valence-electron chi connectivity index (χ4n) is 0.549. The van der Waals surface area contributed by atoms with Gasteiger partial charge in [-0.05, 0) is 0 Å². The van der Waals surface area contributed by atoms with E-state index in [0.717, 1.165) is 11.3 Å². The molecule has 1 aromatic heterocycles. The first-order valence-corrected chi connectivity index (χ1v) is 5.13. The quantitative estimate of drug-likeness (QED) is 0.423. The van der Waals surface area contributed by atoms with Gasteiger partial charge in [0.2, 0.25) is 0 Å². The fourth-order valence-corrected chi connectivity index (χ4v) is 2.70. The SMILES string of the molecule is N#C[Se]c1ccsc1[N+](=O)[O-]. The Kier molecular flexibility index (Phi) is 2.60. The van der Waals surface area contributed by atoms with E-state index in [1.54, 1.807) is 11.4 Å². The molecule has 56 valence electrons. The van der Waals surface area contributed by atoms with Crippen LogP contribution < -0.4 is 4.46 Å². The van der Waals surface area contributed by atoms with Gasteiger partial charge in [0, 0.05) is 0 Å². The molecule has 0 atom stereocenters. The van der Waals surface area contributed by atoms with Crippen LogP contribution in [0, 0.1) is 20.3 Å². The van der Waals surface area contributed by atoms with Crippen LogP contribution in [0.5, 0.6) is 0 Å². The van der Waals surface area contributed by atoms with E-state index in [1.807, 2.05) is 4.97 Å². The van der Waals surface area contributed by atoms with Crippen molar-refractivity contribution in [3.63, 3.8) is 0 Å². The van der Waals surface area contributed by atoms with Crippen molar-refractivity contribution >= 4 is 35.8 Å². The normalized spacial score (nSPS) is 9.00. The molecule has 0 unspecified atom stereocenters. The first kappa shape index (κ1) is 8.21. The molecule has 0 bridgehead atoms. The van der Waals surface area contributed by atoms with E-state index in [2.05, 4.69) is 0 Å². The number of nitriles is 1. The summed E-state index contributed by atoms with van der Waals surface area (Å²) in [5.74, 6) is 0. The number of hydrogen-bond acceptors (Lipinski definition) is 4. The second-order valence-electron chi connectivity index (χ2n) is 1.54. The van der Waals surface area contributed by atoms with Crippen molar-refractivity contribution in [1.82, 2.24) is 0 Å².